The van der Waals surface area contributed by atoms with Gasteiger partial charge in [-0.2, -0.15) is 10.3 Å². The largest absolute Gasteiger partial charge is 0.461 e. The number of ether oxygens (including phenoxy) is 1. The van der Waals surface area contributed by atoms with Gasteiger partial charge in [-0.15, -0.1) is 6.58 Å². The predicted molar refractivity (Wildman–Crippen MR) is 86.8 cm³/mol. The molecule has 0 aromatic heterocycles. The van der Waals surface area contributed by atoms with Gasteiger partial charge in [-0.05, 0) is 33.1 Å². The minimum absolute atomic E-state index is 0.0622. The Kier molecular flexibility index (Phi) is 5.32. The highest BCUT2D eigenvalue weighted by Gasteiger charge is 2.71. The van der Waals surface area contributed by atoms with Crippen molar-refractivity contribution in [2.75, 3.05) is 6.61 Å². The first-order valence-corrected chi connectivity index (χ1v) is 8.02. The van der Waals surface area contributed by atoms with E-state index >= 15 is 0 Å². The summed E-state index contributed by atoms with van der Waals surface area (Å²) < 4.78 is 5.30. The van der Waals surface area contributed by atoms with Crippen molar-refractivity contribution in [3.8, 4) is 6.07 Å². The topological polar surface area (TPSA) is 101 Å². The van der Waals surface area contributed by atoms with Crippen molar-refractivity contribution >= 4 is 11.9 Å². The fourth-order valence-corrected chi connectivity index (χ4v) is 3.47. The second kappa shape index (κ2) is 6.96. The van der Waals surface area contributed by atoms with Crippen molar-refractivity contribution in [2.24, 2.45) is 5.41 Å². The van der Waals surface area contributed by atoms with Crippen LogP contribution in [0.2, 0.25) is 0 Å². The number of carbonyl (C=O) groups is 2. The van der Waals surface area contributed by atoms with Crippen LogP contribution in [0.15, 0.2) is 25.3 Å². The van der Waals surface area contributed by atoms with Crippen LogP contribution in [0, 0.1) is 16.7 Å². The zero-order chi connectivity index (χ0) is 18.7. The quantitative estimate of drug-likeness (QED) is 0.424. The summed E-state index contributed by atoms with van der Waals surface area (Å²) in [6.07, 6.45) is 3.87. The summed E-state index contributed by atoms with van der Waals surface area (Å²) in [4.78, 5) is 35.9. The molecule has 2 rings (SSSR count). The van der Waals surface area contributed by atoms with Crippen LogP contribution in [0.1, 0.15) is 39.5 Å². The second-order valence-electron chi connectivity index (χ2n) is 6.49. The number of nitrogens with zero attached hydrogens (tertiary/aromatic N) is 2. The number of piperidine rings is 1. The highest BCUT2D eigenvalue weighted by Crippen LogP contribution is 2.57. The molecular weight excluding hydrogens is 326 g/mol. The second-order valence-corrected chi connectivity index (χ2v) is 6.49. The molecule has 8 nitrogen and oxygen atoms in total. The van der Waals surface area contributed by atoms with E-state index < -0.39 is 28.7 Å². The fraction of sp³-hybridized carbons (Fsp3) is 0.588. The molecule has 136 valence electrons. The maximum Gasteiger partial charge on any atom is 0.317 e. The normalized spacial score (nSPS) is 34.0. The number of allylic oxidation sites excluding steroid dienone is 1. The molecule has 25 heavy (non-hydrogen) atoms. The maximum absolute atomic E-state index is 12.9. The van der Waals surface area contributed by atoms with Crippen LogP contribution in [0.5, 0.6) is 0 Å². The standard InChI is InChI=1S/C17H23N3O5/c1-5-8-17(14(22)23-12-6-2)10-9-15(3)20(16(17,4)25-24-15)19-13(21)7-11-18/h5-6H,1-2,7-10,12H2,3-4H3,(H,19,21). The van der Waals surface area contributed by atoms with Gasteiger partial charge in [0.1, 0.15) is 18.4 Å². The summed E-state index contributed by atoms with van der Waals surface area (Å²) in [5.74, 6) is -0.996. The smallest absolute Gasteiger partial charge is 0.317 e. The number of hydrogen-bond acceptors (Lipinski definition) is 7. The zero-order valence-electron chi connectivity index (χ0n) is 14.5. The van der Waals surface area contributed by atoms with Gasteiger partial charge in [0.05, 0.1) is 6.07 Å². The van der Waals surface area contributed by atoms with Gasteiger partial charge in [0.2, 0.25) is 5.91 Å². The summed E-state index contributed by atoms with van der Waals surface area (Å²) >= 11 is 0. The Hall–Kier alpha value is -2.21. The molecule has 2 heterocycles. The van der Waals surface area contributed by atoms with Crippen LogP contribution >= 0.6 is 0 Å². The van der Waals surface area contributed by atoms with Gasteiger partial charge in [0.15, 0.2) is 11.4 Å². The van der Waals surface area contributed by atoms with Crippen LogP contribution in [-0.4, -0.2) is 34.9 Å². The number of amides is 1. The number of nitrogens with one attached hydrogen (secondary N) is 1. The zero-order valence-corrected chi connectivity index (χ0v) is 14.5. The van der Waals surface area contributed by atoms with Gasteiger partial charge in [0, 0.05) is 0 Å². The van der Waals surface area contributed by atoms with E-state index in [-0.39, 0.29) is 19.4 Å². The minimum atomic E-state index is -1.32. The number of rotatable bonds is 7. The number of nitriles is 1. The Morgan fingerprint density at radius 1 is 1.32 bits per heavy atom. The third kappa shape index (κ3) is 2.95. The lowest BCUT2D eigenvalue weighted by Gasteiger charge is -2.51. The maximum atomic E-state index is 12.9. The highest BCUT2D eigenvalue weighted by atomic mass is 17.2. The number of fused-ring (bicyclic) bond motifs is 2. The molecule has 0 aliphatic carbocycles. The van der Waals surface area contributed by atoms with Crippen LogP contribution in [0.4, 0.5) is 0 Å². The predicted octanol–water partition coefficient (Wildman–Crippen LogP) is 1.71. The number of esters is 1. The summed E-state index contributed by atoms with van der Waals surface area (Å²) in [6.45, 7) is 10.7. The molecule has 2 fully saturated rings. The molecule has 8 heteroatoms. The van der Waals surface area contributed by atoms with Crippen molar-refractivity contribution in [1.29, 1.82) is 5.26 Å². The van der Waals surface area contributed by atoms with E-state index in [0.29, 0.717) is 12.8 Å². The lowest BCUT2D eigenvalue weighted by Crippen LogP contribution is -2.71. The Balaban J connectivity index is 2.43. The molecule has 2 bridgehead atoms. The average molecular weight is 349 g/mol. The van der Waals surface area contributed by atoms with Gasteiger partial charge >= 0.3 is 5.97 Å². The number of hydrazine groups is 1. The summed E-state index contributed by atoms with van der Waals surface area (Å²) in [6, 6.07) is 1.79. The van der Waals surface area contributed by atoms with Gasteiger partial charge in [0.25, 0.3) is 0 Å². The Morgan fingerprint density at radius 2 is 2.04 bits per heavy atom. The molecule has 2 aliphatic heterocycles. The van der Waals surface area contributed by atoms with Crippen LogP contribution in [0.25, 0.3) is 0 Å². The minimum Gasteiger partial charge on any atom is -0.461 e. The molecule has 3 atom stereocenters. The van der Waals surface area contributed by atoms with E-state index in [1.54, 1.807) is 26.0 Å². The van der Waals surface area contributed by atoms with Gasteiger partial charge in [-0.25, -0.2) is 9.78 Å². The monoisotopic (exact) mass is 349 g/mol. The number of carbonyl (C=O) groups excluding carboxylic acids is 2. The molecule has 0 spiro atoms. The Labute approximate surface area is 146 Å². The van der Waals surface area contributed by atoms with Crippen molar-refractivity contribution in [1.82, 2.24) is 10.4 Å². The fourth-order valence-electron chi connectivity index (χ4n) is 3.47. The number of hydrogen-bond donors (Lipinski definition) is 1. The van der Waals surface area contributed by atoms with Crippen molar-refractivity contribution in [3.05, 3.63) is 25.3 Å². The van der Waals surface area contributed by atoms with Crippen LogP contribution in [0.3, 0.4) is 0 Å². The van der Waals surface area contributed by atoms with E-state index in [1.165, 1.54) is 11.1 Å². The van der Waals surface area contributed by atoms with Crippen molar-refractivity contribution in [3.63, 3.8) is 0 Å². The molecule has 0 radical (unpaired) electrons. The van der Waals surface area contributed by atoms with Crippen molar-refractivity contribution < 1.29 is 24.1 Å². The highest BCUT2D eigenvalue weighted by molar-refractivity contribution is 5.80. The lowest BCUT2D eigenvalue weighted by atomic mass is 9.67. The van der Waals surface area contributed by atoms with Gasteiger partial charge in [-0.3, -0.25) is 15.0 Å². The molecule has 2 aliphatic rings. The van der Waals surface area contributed by atoms with E-state index in [1.807, 2.05) is 0 Å². The van der Waals surface area contributed by atoms with E-state index in [0.717, 1.165) is 0 Å². The van der Waals surface area contributed by atoms with Crippen LogP contribution < -0.4 is 5.43 Å². The molecule has 0 aromatic rings. The lowest BCUT2D eigenvalue weighted by molar-refractivity contribution is -0.350. The van der Waals surface area contributed by atoms with Crippen LogP contribution in [-0.2, 0) is 24.1 Å². The Bertz CT molecular complexity index is 630. The first-order chi connectivity index (χ1) is 11.8. The van der Waals surface area contributed by atoms with E-state index in [4.69, 9.17) is 19.8 Å². The van der Waals surface area contributed by atoms with Gasteiger partial charge in [-0.1, -0.05) is 18.7 Å². The molecule has 0 aromatic carbocycles. The summed E-state index contributed by atoms with van der Waals surface area (Å²) in [5.41, 5.74) is -0.762. The molecule has 2 saturated heterocycles. The van der Waals surface area contributed by atoms with E-state index in [9.17, 15) is 9.59 Å². The van der Waals surface area contributed by atoms with Crippen molar-refractivity contribution in [2.45, 2.75) is 51.0 Å². The molecule has 1 N–H and O–H groups in total. The average Bonchev–Trinajstić information content (AvgIpc) is 2.75. The SMILES string of the molecule is C=CCOC(=O)C1(CC=C)CCC2(C)OOC1(C)N2NC(=O)CC#N. The van der Waals surface area contributed by atoms with E-state index in [2.05, 4.69) is 18.6 Å². The summed E-state index contributed by atoms with van der Waals surface area (Å²) in [7, 11) is 0. The third-order valence-corrected chi connectivity index (χ3v) is 4.88. The first-order valence-electron chi connectivity index (χ1n) is 8.02. The first kappa shape index (κ1) is 19.1. The molecular formula is C17H23N3O5. The summed E-state index contributed by atoms with van der Waals surface area (Å²) in [5, 5.41) is 10.2. The van der Waals surface area contributed by atoms with Gasteiger partial charge < -0.3 is 4.74 Å². The molecule has 0 saturated carbocycles. The third-order valence-electron chi connectivity index (χ3n) is 4.88. The Morgan fingerprint density at radius 3 is 2.64 bits per heavy atom. The molecule has 1 amide bonds. The molecule has 3 unspecified atom stereocenters.